The number of hydrogen-bond donors (Lipinski definition) is 3. The fraction of sp³-hybridized carbons (Fsp3) is 0.625. The van der Waals surface area contributed by atoms with E-state index in [9.17, 15) is 0 Å². The molecule has 0 aliphatic carbocycles. The molecule has 0 bridgehead atoms. The SMILES string of the molecule is CC(C)CCNc1nc(NC2CCNCC2)c2sccc2n1. The van der Waals surface area contributed by atoms with E-state index in [4.69, 9.17) is 4.98 Å². The molecule has 0 amide bonds. The Balaban J connectivity index is 1.76. The summed E-state index contributed by atoms with van der Waals surface area (Å²) in [7, 11) is 0. The number of fused-ring (bicyclic) bond motifs is 1. The van der Waals surface area contributed by atoms with E-state index in [1.807, 2.05) is 0 Å². The van der Waals surface area contributed by atoms with Gasteiger partial charge >= 0.3 is 0 Å². The molecule has 120 valence electrons. The Bertz CT molecular complexity index is 604. The van der Waals surface area contributed by atoms with Gasteiger partial charge in [0.2, 0.25) is 5.95 Å². The number of nitrogens with one attached hydrogen (secondary N) is 3. The molecular weight excluding hydrogens is 294 g/mol. The van der Waals surface area contributed by atoms with E-state index < -0.39 is 0 Å². The van der Waals surface area contributed by atoms with Gasteiger partial charge < -0.3 is 16.0 Å². The van der Waals surface area contributed by atoms with Gasteiger partial charge in [0.1, 0.15) is 5.82 Å². The van der Waals surface area contributed by atoms with Gasteiger partial charge in [-0.05, 0) is 49.7 Å². The number of hydrogen-bond acceptors (Lipinski definition) is 6. The van der Waals surface area contributed by atoms with E-state index in [0.29, 0.717) is 12.0 Å². The highest BCUT2D eigenvalue weighted by Gasteiger charge is 2.16. The Kier molecular flexibility index (Phi) is 5.10. The lowest BCUT2D eigenvalue weighted by atomic mass is 10.1. The molecule has 2 aromatic rings. The highest BCUT2D eigenvalue weighted by atomic mass is 32.1. The summed E-state index contributed by atoms with van der Waals surface area (Å²) in [6, 6.07) is 2.58. The normalized spacial score (nSPS) is 16.3. The molecule has 1 aliphatic heterocycles. The van der Waals surface area contributed by atoms with E-state index in [-0.39, 0.29) is 0 Å². The standard InChI is InChI=1S/C16H25N5S/c1-11(2)3-9-18-16-20-13-6-10-22-14(13)15(21-16)19-12-4-7-17-8-5-12/h6,10-12,17H,3-5,7-9H2,1-2H3,(H2,18,19,20,21). The van der Waals surface area contributed by atoms with Crippen LogP contribution in [0, 0.1) is 5.92 Å². The Morgan fingerprint density at radius 3 is 2.91 bits per heavy atom. The van der Waals surface area contributed by atoms with Crippen LogP contribution in [-0.4, -0.2) is 35.6 Å². The smallest absolute Gasteiger partial charge is 0.225 e. The van der Waals surface area contributed by atoms with E-state index in [1.54, 1.807) is 11.3 Å². The van der Waals surface area contributed by atoms with Gasteiger partial charge in [0.05, 0.1) is 10.2 Å². The van der Waals surface area contributed by atoms with Gasteiger partial charge in [-0.25, -0.2) is 4.98 Å². The summed E-state index contributed by atoms with van der Waals surface area (Å²) in [5.74, 6) is 2.41. The van der Waals surface area contributed by atoms with Crippen molar-refractivity contribution in [3.63, 3.8) is 0 Å². The second-order valence-electron chi connectivity index (χ2n) is 6.31. The first-order valence-corrected chi connectivity index (χ1v) is 9.06. The predicted octanol–water partition coefficient (Wildman–Crippen LogP) is 3.31. The van der Waals surface area contributed by atoms with Crippen LogP contribution in [-0.2, 0) is 0 Å². The molecule has 22 heavy (non-hydrogen) atoms. The van der Waals surface area contributed by atoms with Crippen molar-refractivity contribution < 1.29 is 0 Å². The fourth-order valence-electron chi connectivity index (χ4n) is 2.67. The Morgan fingerprint density at radius 2 is 2.14 bits per heavy atom. The average Bonchev–Trinajstić information content (AvgIpc) is 2.96. The number of thiophene rings is 1. The average molecular weight is 319 g/mol. The molecule has 3 heterocycles. The fourth-order valence-corrected chi connectivity index (χ4v) is 3.46. The van der Waals surface area contributed by atoms with Gasteiger partial charge in [-0.15, -0.1) is 11.3 Å². The van der Waals surface area contributed by atoms with Crippen molar-refractivity contribution in [2.75, 3.05) is 30.3 Å². The summed E-state index contributed by atoms with van der Waals surface area (Å²) >= 11 is 1.71. The summed E-state index contributed by atoms with van der Waals surface area (Å²) in [6.07, 6.45) is 3.42. The van der Waals surface area contributed by atoms with Crippen molar-refractivity contribution >= 4 is 33.3 Å². The highest BCUT2D eigenvalue weighted by Crippen LogP contribution is 2.28. The Labute approximate surface area is 135 Å². The maximum Gasteiger partial charge on any atom is 0.225 e. The molecule has 1 saturated heterocycles. The maximum atomic E-state index is 4.72. The molecule has 0 saturated carbocycles. The summed E-state index contributed by atoms with van der Waals surface area (Å²) in [5.41, 5.74) is 1.03. The maximum absolute atomic E-state index is 4.72. The van der Waals surface area contributed by atoms with Gasteiger partial charge in [0.15, 0.2) is 0 Å². The first kappa shape index (κ1) is 15.5. The van der Waals surface area contributed by atoms with E-state index in [2.05, 4.69) is 46.2 Å². The monoisotopic (exact) mass is 319 g/mol. The lowest BCUT2D eigenvalue weighted by molar-refractivity contribution is 0.478. The minimum atomic E-state index is 0.505. The molecule has 0 unspecified atom stereocenters. The van der Waals surface area contributed by atoms with Crippen molar-refractivity contribution in [1.29, 1.82) is 0 Å². The number of piperidine rings is 1. The van der Waals surface area contributed by atoms with Crippen LogP contribution in [0.25, 0.3) is 10.2 Å². The van der Waals surface area contributed by atoms with Crippen LogP contribution in [0.15, 0.2) is 11.4 Å². The lowest BCUT2D eigenvalue weighted by Crippen LogP contribution is -2.35. The number of nitrogens with zero attached hydrogens (tertiary/aromatic N) is 2. The van der Waals surface area contributed by atoms with Crippen molar-refractivity contribution in [3.8, 4) is 0 Å². The second kappa shape index (κ2) is 7.24. The first-order chi connectivity index (χ1) is 10.7. The van der Waals surface area contributed by atoms with Crippen molar-refractivity contribution in [2.45, 2.75) is 39.2 Å². The van der Waals surface area contributed by atoms with E-state index in [1.165, 1.54) is 0 Å². The van der Waals surface area contributed by atoms with E-state index >= 15 is 0 Å². The third kappa shape index (κ3) is 3.87. The quantitative estimate of drug-likeness (QED) is 0.762. The molecule has 0 spiro atoms. The van der Waals surface area contributed by atoms with E-state index in [0.717, 1.165) is 60.9 Å². The zero-order valence-corrected chi connectivity index (χ0v) is 14.2. The molecule has 0 atom stereocenters. The topological polar surface area (TPSA) is 61.9 Å². The second-order valence-corrected chi connectivity index (χ2v) is 7.22. The summed E-state index contributed by atoms with van der Waals surface area (Å²) in [5, 5.41) is 12.5. The zero-order valence-electron chi connectivity index (χ0n) is 13.4. The van der Waals surface area contributed by atoms with Crippen LogP contribution < -0.4 is 16.0 Å². The molecule has 3 N–H and O–H groups in total. The van der Waals surface area contributed by atoms with Crippen molar-refractivity contribution in [1.82, 2.24) is 15.3 Å². The van der Waals surface area contributed by atoms with Crippen LogP contribution in [0.3, 0.4) is 0 Å². The number of aromatic nitrogens is 2. The molecular formula is C16H25N5S. The Morgan fingerprint density at radius 1 is 1.32 bits per heavy atom. The predicted molar refractivity (Wildman–Crippen MR) is 94.9 cm³/mol. The van der Waals surface area contributed by atoms with Crippen molar-refractivity contribution in [2.24, 2.45) is 5.92 Å². The van der Waals surface area contributed by atoms with Gasteiger partial charge in [0, 0.05) is 12.6 Å². The van der Waals surface area contributed by atoms with Crippen LogP contribution >= 0.6 is 11.3 Å². The van der Waals surface area contributed by atoms with Gasteiger partial charge in [-0.2, -0.15) is 4.98 Å². The summed E-state index contributed by atoms with van der Waals surface area (Å²) < 4.78 is 1.16. The molecule has 0 aromatic carbocycles. The third-order valence-electron chi connectivity index (χ3n) is 3.99. The van der Waals surface area contributed by atoms with Gasteiger partial charge in [-0.3, -0.25) is 0 Å². The number of anilines is 2. The zero-order chi connectivity index (χ0) is 15.4. The van der Waals surface area contributed by atoms with Crippen molar-refractivity contribution in [3.05, 3.63) is 11.4 Å². The lowest BCUT2D eigenvalue weighted by Gasteiger charge is -2.24. The summed E-state index contributed by atoms with van der Waals surface area (Å²) in [4.78, 5) is 9.34. The van der Waals surface area contributed by atoms with Gasteiger partial charge in [0.25, 0.3) is 0 Å². The summed E-state index contributed by atoms with van der Waals surface area (Å²) in [6.45, 7) is 7.54. The molecule has 6 heteroatoms. The van der Waals surface area contributed by atoms with Crippen LogP contribution in [0.2, 0.25) is 0 Å². The third-order valence-corrected chi connectivity index (χ3v) is 4.90. The van der Waals surface area contributed by atoms with Crippen LogP contribution in [0.4, 0.5) is 11.8 Å². The Hall–Kier alpha value is -1.40. The minimum absolute atomic E-state index is 0.505. The molecule has 1 aliphatic rings. The first-order valence-electron chi connectivity index (χ1n) is 8.19. The van der Waals surface area contributed by atoms with Crippen LogP contribution in [0.5, 0.6) is 0 Å². The van der Waals surface area contributed by atoms with Crippen LogP contribution in [0.1, 0.15) is 33.1 Å². The highest BCUT2D eigenvalue weighted by molar-refractivity contribution is 7.17. The molecule has 5 nitrogen and oxygen atoms in total. The molecule has 3 rings (SSSR count). The van der Waals surface area contributed by atoms with Gasteiger partial charge in [-0.1, -0.05) is 13.8 Å². The minimum Gasteiger partial charge on any atom is -0.366 e. The molecule has 1 fully saturated rings. The largest absolute Gasteiger partial charge is 0.366 e. The molecule has 0 radical (unpaired) electrons. The molecule has 2 aromatic heterocycles. The number of rotatable bonds is 6.